The van der Waals surface area contributed by atoms with Crippen molar-refractivity contribution in [2.75, 3.05) is 11.8 Å². The van der Waals surface area contributed by atoms with Crippen molar-refractivity contribution in [3.8, 4) is 0 Å². The van der Waals surface area contributed by atoms with E-state index in [-0.39, 0.29) is 16.8 Å². The Hall–Kier alpha value is -2.34. The van der Waals surface area contributed by atoms with Crippen molar-refractivity contribution >= 4 is 21.6 Å². The van der Waals surface area contributed by atoms with E-state index in [1.165, 1.54) is 6.42 Å². The van der Waals surface area contributed by atoms with Crippen LogP contribution in [0.2, 0.25) is 0 Å². The van der Waals surface area contributed by atoms with Crippen molar-refractivity contribution in [3.63, 3.8) is 0 Å². The molecule has 0 unspecified atom stereocenters. The molecule has 1 N–H and O–H groups in total. The second-order valence-corrected chi connectivity index (χ2v) is 9.29. The van der Waals surface area contributed by atoms with Crippen LogP contribution in [0, 0.1) is 13.8 Å². The zero-order valence-corrected chi connectivity index (χ0v) is 17.6. The van der Waals surface area contributed by atoms with Gasteiger partial charge in [-0.05, 0) is 56.5 Å². The molecule has 1 saturated carbocycles. The van der Waals surface area contributed by atoms with E-state index in [0.717, 1.165) is 31.2 Å². The number of amides is 1. The first-order chi connectivity index (χ1) is 13.3. The maximum Gasteiger partial charge on any atom is 0.261 e. The fourth-order valence-electron chi connectivity index (χ4n) is 3.72. The number of nitrogens with one attached hydrogen (secondary N) is 1. The van der Waals surface area contributed by atoms with E-state index in [1.807, 2.05) is 18.9 Å². The second kappa shape index (κ2) is 8.35. The molecule has 0 saturated heterocycles. The van der Waals surface area contributed by atoms with E-state index in [4.69, 9.17) is 0 Å². The van der Waals surface area contributed by atoms with Crippen LogP contribution in [0.15, 0.2) is 47.4 Å². The number of hydrogen-bond donors (Lipinski definition) is 1. The average molecular weight is 401 g/mol. The van der Waals surface area contributed by atoms with Crippen molar-refractivity contribution in [1.82, 2.24) is 4.90 Å². The Kier molecular flexibility index (Phi) is 6.08. The number of carbonyl (C=O) groups is 1. The van der Waals surface area contributed by atoms with E-state index in [2.05, 4.69) is 4.72 Å². The van der Waals surface area contributed by atoms with Gasteiger partial charge in [0, 0.05) is 18.7 Å². The van der Waals surface area contributed by atoms with Gasteiger partial charge in [-0.1, -0.05) is 43.0 Å². The monoisotopic (exact) mass is 400 g/mol. The third-order valence-electron chi connectivity index (χ3n) is 5.58. The summed E-state index contributed by atoms with van der Waals surface area (Å²) in [6, 6.07) is 12.1. The molecule has 1 aliphatic carbocycles. The summed E-state index contributed by atoms with van der Waals surface area (Å²) in [5, 5.41) is 0. The van der Waals surface area contributed by atoms with Crippen molar-refractivity contribution in [2.24, 2.45) is 0 Å². The molecule has 150 valence electrons. The SMILES string of the molecule is Cc1ccc(S(=O)(=O)Nc2cccc(C(=O)N(C)C3CCCCC3)c2C)cc1. The van der Waals surface area contributed by atoms with Gasteiger partial charge in [-0.2, -0.15) is 0 Å². The number of rotatable bonds is 5. The van der Waals surface area contributed by atoms with Gasteiger partial charge in [-0.25, -0.2) is 8.42 Å². The van der Waals surface area contributed by atoms with E-state index < -0.39 is 10.0 Å². The summed E-state index contributed by atoms with van der Waals surface area (Å²) in [5.74, 6) is -0.0548. The van der Waals surface area contributed by atoms with Crippen LogP contribution in [-0.2, 0) is 10.0 Å². The van der Waals surface area contributed by atoms with Crippen LogP contribution in [0.5, 0.6) is 0 Å². The van der Waals surface area contributed by atoms with Crippen LogP contribution >= 0.6 is 0 Å². The quantitative estimate of drug-likeness (QED) is 0.803. The molecular weight excluding hydrogens is 372 g/mol. The van der Waals surface area contributed by atoms with Crippen molar-refractivity contribution in [1.29, 1.82) is 0 Å². The smallest absolute Gasteiger partial charge is 0.261 e. The molecule has 28 heavy (non-hydrogen) atoms. The summed E-state index contributed by atoms with van der Waals surface area (Å²) in [5.41, 5.74) is 2.61. The number of carbonyl (C=O) groups excluding carboxylic acids is 1. The van der Waals surface area contributed by atoms with Gasteiger partial charge >= 0.3 is 0 Å². The minimum absolute atomic E-state index is 0.0548. The molecule has 0 radical (unpaired) electrons. The predicted molar refractivity (Wildman–Crippen MR) is 112 cm³/mol. The van der Waals surface area contributed by atoms with E-state index in [0.29, 0.717) is 16.8 Å². The highest BCUT2D eigenvalue weighted by Gasteiger charge is 2.25. The van der Waals surface area contributed by atoms with Gasteiger partial charge in [0.1, 0.15) is 0 Å². The molecule has 1 fully saturated rings. The molecule has 2 aromatic rings. The predicted octanol–water partition coefficient (Wildman–Crippen LogP) is 4.51. The molecule has 0 atom stereocenters. The van der Waals surface area contributed by atoms with Gasteiger partial charge < -0.3 is 4.90 Å². The maximum atomic E-state index is 13.0. The first-order valence-corrected chi connectivity index (χ1v) is 11.2. The molecule has 0 bridgehead atoms. The normalized spacial score (nSPS) is 15.2. The number of hydrogen-bond acceptors (Lipinski definition) is 3. The van der Waals surface area contributed by atoms with Gasteiger partial charge in [-0.3, -0.25) is 9.52 Å². The van der Waals surface area contributed by atoms with Gasteiger partial charge in [0.05, 0.1) is 10.6 Å². The molecule has 6 heteroatoms. The topological polar surface area (TPSA) is 66.5 Å². The highest BCUT2D eigenvalue weighted by atomic mass is 32.2. The zero-order valence-electron chi connectivity index (χ0n) is 16.7. The summed E-state index contributed by atoms with van der Waals surface area (Å²) in [6.07, 6.45) is 5.59. The fourth-order valence-corrected chi connectivity index (χ4v) is 4.85. The number of sulfonamides is 1. The summed E-state index contributed by atoms with van der Waals surface area (Å²) in [7, 11) is -1.86. The lowest BCUT2D eigenvalue weighted by Crippen LogP contribution is -2.38. The van der Waals surface area contributed by atoms with Crippen molar-refractivity contribution < 1.29 is 13.2 Å². The first kappa shape index (κ1) is 20.4. The Labute approximate surface area is 167 Å². The molecule has 3 rings (SSSR count). The Morgan fingerprint density at radius 2 is 1.64 bits per heavy atom. The molecule has 0 aromatic heterocycles. The first-order valence-electron chi connectivity index (χ1n) is 9.76. The van der Waals surface area contributed by atoms with Crippen LogP contribution < -0.4 is 4.72 Å². The average Bonchev–Trinajstić information content (AvgIpc) is 2.69. The lowest BCUT2D eigenvalue weighted by Gasteiger charge is -2.31. The van der Waals surface area contributed by atoms with E-state index >= 15 is 0 Å². The standard InChI is InChI=1S/C22H28N2O3S/c1-16-12-14-19(15-13-16)28(26,27)23-21-11-7-10-20(17(21)2)22(25)24(3)18-8-5-4-6-9-18/h7,10-15,18,23H,4-6,8-9H2,1-3H3. The lowest BCUT2D eigenvalue weighted by molar-refractivity contribution is 0.0695. The fraction of sp³-hybridized carbons (Fsp3) is 0.409. The largest absolute Gasteiger partial charge is 0.339 e. The van der Waals surface area contributed by atoms with Gasteiger partial charge in [0.15, 0.2) is 0 Å². The molecular formula is C22H28N2O3S. The molecule has 0 spiro atoms. The number of aryl methyl sites for hydroxylation is 1. The van der Waals surface area contributed by atoms with Crippen LogP contribution in [0.25, 0.3) is 0 Å². The summed E-state index contributed by atoms with van der Waals surface area (Å²) in [4.78, 5) is 15.1. The summed E-state index contributed by atoms with van der Waals surface area (Å²) in [6.45, 7) is 3.70. The van der Waals surface area contributed by atoms with Gasteiger partial charge in [0.25, 0.3) is 15.9 Å². The summed E-state index contributed by atoms with van der Waals surface area (Å²) >= 11 is 0. The van der Waals surface area contributed by atoms with Crippen LogP contribution in [-0.4, -0.2) is 32.3 Å². The Morgan fingerprint density at radius 1 is 1.00 bits per heavy atom. The highest BCUT2D eigenvalue weighted by Crippen LogP contribution is 2.27. The van der Waals surface area contributed by atoms with Crippen molar-refractivity contribution in [2.45, 2.75) is 56.9 Å². The number of anilines is 1. The van der Waals surface area contributed by atoms with Crippen LogP contribution in [0.1, 0.15) is 53.6 Å². The second-order valence-electron chi connectivity index (χ2n) is 7.60. The minimum Gasteiger partial charge on any atom is -0.339 e. The number of nitrogens with zero attached hydrogens (tertiary/aromatic N) is 1. The minimum atomic E-state index is -3.71. The van der Waals surface area contributed by atoms with Gasteiger partial charge in [-0.15, -0.1) is 0 Å². The van der Waals surface area contributed by atoms with Crippen molar-refractivity contribution in [3.05, 3.63) is 59.2 Å². The summed E-state index contributed by atoms with van der Waals surface area (Å²) < 4.78 is 28.1. The molecule has 1 aliphatic rings. The lowest BCUT2D eigenvalue weighted by atomic mass is 9.93. The third-order valence-corrected chi connectivity index (χ3v) is 6.96. The van der Waals surface area contributed by atoms with Crippen LogP contribution in [0.3, 0.4) is 0 Å². The highest BCUT2D eigenvalue weighted by molar-refractivity contribution is 7.92. The third kappa shape index (κ3) is 4.38. The Bertz CT molecular complexity index is 946. The molecule has 5 nitrogen and oxygen atoms in total. The Balaban J connectivity index is 1.84. The molecule has 2 aromatic carbocycles. The van der Waals surface area contributed by atoms with Crippen LogP contribution in [0.4, 0.5) is 5.69 Å². The van der Waals surface area contributed by atoms with E-state index in [9.17, 15) is 13.2 Å². The molecule has 0 heterocycles. The van der Waals surface area contributed by atoms with E-state index in [1.54, 1.807) is 49.4 Å². The Morgan fingerprint density at radius 3 is 2.29 bits per heavy atom. The molecule has 1 amide bonds. The number of benzene rings is 2. The van der Waals surface area contributed by atoms with Gasteiger partial charge in [0.2, 0.25) is 0 Å². The zero-order chi connectivity index (χ0) is 20.3. The maximum absolute atomic E-state index is 13.0. The molecule has 0 aliphatic heterocycles.